The van der Waals surface area contributed by atoms with Gasteiger partial charge in [-0.15, -0.1) is 11.3 Å². The number of carbonyl (C=O) groups excluding carboxylic acids is 3. The lowest BCUT2D eigenvalue weighted by atomic mass is 9.96. The van der Waals surface area contributed by atoms with Gasteiger partial charge in [0.1, 0.15) is 12.1 Å². The van der Waals surface area contributed by atoms with Gasteiger partial charge in [0.05, 0.1) is 15.2 Å². The van der Waals surface area contributed by atoms with Gasteiger partial charge in [0.15, 0.2) is 0 Å². The minimum Gasteiger partial charge on any atom is -0.341 e. The van der Waals surface area contributed by atoms with E-state index in [1.807, 2.05) is 18.2 Å². The fraction of sp³-hybridized carbons (Fsp3) is 0.524. The fourth-order valence-corrected chi connectivity index (χ4v) is 5.61. The molecule has 4 amide bonds. The summed E-state index contributed by atoms with van der Waals surface area (Å²) in [6.45, 7) is 2.86. The molecule has 3 fully saturated rings. The third-order valence-electron chi connectivity index (χ3n) is 6.50. The summed E-state index contributed by atoms with van der Waals surface area (Å²) in [5.74, 6) is 0.133. The van der Waals surface area contributed by atoms with Gasteiger partial charge in [-0.25, -0.2) is 9.78 Å². The predicted molar refractivity (Wildman–Crippen MR) is 110 cm³/mol. The van der Waals surface area contributed by atoms with Gasteiger partial charge in [-0.3, -0.25) is 14.5 Å². The maximum absolute atomic E-state index is 12.8. The topological polar surface area (TPSA) is 82.6 Å². The van der Waals surface area contributed by atoms with E-state index in [1.54, 1.807) is 23.2 Å². The largest absolute Gasteiger partial charge is 0.341 e. The normalized spacial score (nSPS) is 25.7. The van der Waals surface area contributed by atoms with Gasteiger partial charge in [-0.1, -0.05) is 12.1 Å². The average molecular weight is 413 g/mol. The first kappa shape index (κ1) is 18.5. The lowest BCUT2D eigenvalue weighted by Gasteiger charge is -2.32. The maximum Gasteiger partial charge on any atom is 0.325 e. The molecule has 2 aliphatic heterocycles. The third kappa shape index (κ3) is 3.19. The molecule has 0 bridgehead atoms. The Morgan fingerprint density at radius 3 is 2.62 bits per heavy atom. The molecule has 0 spiro atoms. The maximum atomic E-state index is 12.8. The molecule has 0 unspecified atom stereocenters. The molecule has 7 nitrogen and oxygen atoms in total. The summed E-state index contributed by atoms with van der Waals surface area (Å²) >= 11 is 1.73. The van der Waals surface area contributed by atoms with E-state index in [1.165, 1.54) is 4.70 Å². The quantitative estimate of drug-likeness (QED) is 0.783. The second-order valence-corrected chi connectivity index (χ2v) is 9.54. The van der Waals surface area contributed by atoms with Crippen LogP contribution < -0.4 is 5.32 Å². The summed E-state index contributed by atoms with van der Waals surface area (Å²) in [5, 5.41) is 3.93. The number of thiazole rings is 1. The van der Waals surface area contributed by atoms with Crippen LogP contribution in [0, 0.1) is 5.92 Å². The lowest BCUT2D eigenvalue weighted by molar-refractivity contribution is -0.139. The predicted octanol–water partition coefficient (Wildman–Crippen LogP) is 2.72. The first-order chi connectivity index (χ1) is 14.0. The van der Waals surface area contributed by atoms with E-state index < -0.39 is 11.6 Å². The Hall–Kier alpha value is -2.48. The number of urea groups is 1. The molecule has 1 N–H and O–H groups in total. The number of hydrogen-bond donors (Lipinski definition) is 1. The van der Waals surface area contributed by atoms with Crippen LogP contribution in [0.15, 0.2) is 24.3 Å². The Labute approximate surface area is 173 Å². The van der Waals surface area contributed by atoms with E-state index in [9.17, 15) is 14.4 Å². The first-order valence-electron chi connectivity index (χ1n) is 10.2. The highest BCUT2D eigenvalue weighted by molar-refractivity contribution is 7.18. The number of fused-ring (bicyclic) bond motifs is 1. The zero-order valence-electron chi connectivity index (χ0n) is 16.4. The van der Waals surface area contributed by atoms with Crippen LogP contribution in [0.25, 0.3) is 10.2 Å². The molecule has 1 aromatic heterocycles. The molecule has 0 radical (unpaired) electrons. The monoisotopic (exact) mass is 412 g/mol. The zero-order chi connectivity index (χ0) is 20.2. The van der Waals surface area contributed by atoms with Crippen LogP contribution in [-0.2, 0) is 9.59 Å². The second-order valence-electron chi connectivity index (χ2n) is 8.47. The van der Waals surface area contributed by atoms with Gasteiger partial charge >= 0.3 is 6.03 Å². The van der Waals surface area contributed by atoms with Gasteiger partial charge in [-0.2, -0.15) is 0 Å². The van der Waals surface area contributed by atoms with Crippen molar-refractivity contribution in [2.75, 3.05) is 19.6 Å². The van der Waals surface area contributed by atoms with Crippen molar-refractivity contribution in [2.45, 2.75) is 44.1 Å². The van der Waals surface area contributed by atoms with Crippen molar-refractivity contribution in [1.82, 2.24) is 20.1 Å². The van der Waals surface area contributed by atoms with Gasteiger partial charge < -0.3 is 10.2 Å². The summed E-state index contributed by atoms with van der Waals surface area (Å²) in [6, 6.07) is 7.69. The number of carbonyl (C=O) groups is 3. The Morgan fingerprint density at radius 1 is 1.21 bits per heavy atom. The average Bonchev–Trinajstić information content (AvgIpc) is 3.46. The highest BCUT2D eigenvalue weighted by Gasteiger charge is 2.56. The molecule has 1 saturated carbocycles. The van der Waals surface area contributed by atoms with Gasteiger partial charge in [0.25, 0.3) is 5.91 Å². The fourth-order valence-electron chi connectivity index (χ4n) is 4.47. The number of para-hydroxylation sites is 1. The summed E-state index contributed by atoms with van der Waals surface area (Å²) in [4.78, 5) is 45.4. The number of benzene rings is 1. The van der Waals surface area contributed by atoms with Crippen LogP contribution >= 0.6 is 11.3 Å². The summed E-state index contributed by atoms with van der Waals surface area (Å²) in [5.41, 5.74) is 0.195. The van der Waals surface area contributed by atoms with Gasteiger partial charge in [0.2, 0.25) is 5.91 Å². The summed E-state index contributed by atoms with van der Waals surface area (Å²) in [7, 11) is 0. The molecule has 8 heteroatoms. The molecule has 1 aromatic carbocycles. The van der Waals surface area contributed by atoms with E-state index in [4.69, 9.17) is 4.98 Å². The Balaban J connectivity index is 1.20. The Bertz CT molecular complexity index is 960. The van der Waals surface area contributed by atoms with Crippen molar-refractivity contribution in [3.63, 3.8) is 0 Å². The third-order valence-corrected chi connectivity index (χ3v) is 7.69. The molecule has 29 heavy (non-hydrogen) atoms. The summed E-state index contributed by atoms with van der Waals surface area (Å²) in [6.07, 6.45) is 3.60. The minimum absolute atomic E-state index is 0.156. The van der Waals surface area contributed by atoms with Crippen LogP contribution in [0.3, 0.4) is 0 Å². The van der Waals surface area contributed by atoms with Crippen LogP contribution in [0.1, 0.15) is 43.5 Å². The molecule has 152 valence electrons. The number of nitrogens with one attached hydrogen (secondary N) is 1. The number of nitrogens with zero attached hydrogens (tertiary/aromatic N) is 3. The van der Waals surface area contributed by atoms with Crippen molar-refractivity contribution in [1.29, 1.82) is 0 Å². The number of rotatable bonds is 4. The number of hydrogen-bond acceptors (Lipinski definition) is 5. The van der Waals surface area contributed by atoms with E-state index in [0.29, 0.717) is 19.0 Å². The lowest BCUT2D eigenvalue weighted by Crippen LogP contribution is -2.48. The van der Waals surface area contributed by atoms with Crippen molar-refractivity contribution < 1.29 is 14.4 Å². The van der Waals surface area contributed by atoms with Crippen LogP contribution in [0.2, 0.25) is 0 Å². The van der Waals surface area contributed by atoms with Crippen LogP contribution in [0.5, 0.6) is 0 Å². The Morgan fingerprint density at radius 2 is 1.93 bits per heavy atom. The smallest absolute Gasteiger partial charge is 0.325 e. The molecule has 1 atom stereocenters. The van der Waals surface area contributed by atoms with Crippen molar-refractivity contribution in [3.8, 4) is 0 Å². The number of piperidine rings is 1. The molecule has 3 aliphatic rings. The number of amides is 4. The highest BCUT2D eigenvalue weighted by Crippen LogP contribution is 2.42. The van der Waals surface area contributed by atoms with Crippen LogP contribution in [-0.4, -0.2) is 57.8 Å². The molecular formula is C21H24N4O3S. The molecule has 2 aromatic rings. The SMILES string of the molecule is C[C@]1(C2CC2)NC(=O)N(CC(=O)N2CCC(c3nc4ccccc4s3)CC2)C1=O. The van der Waals surface area contributed by atoms with E-state index in [2.05, 4.69) is 11.4 Å². The van der Waals surface area contributed by atoms with E-state index in [0.717, 1.165) is 41.1 Å². The van der Waals surface area contributed by atoms with Crippen LogP contribution in [0.4, 0.5) is 4.79 Å². The second kappa shape index (κ2) is 6.79. The molecular weight excluding hydrogens is 388 g/mol. The van der Waals surface area contributed by atoms with Gasteiger partial charge in [0, 0.05) is 19.0 Å². The minimum atomic E-state index is -0.836. The molecule has 1 aliphatic carbocycles. The van der Waals surface area contributed by atoms with Crippen molar-refractivity contribution in [2.24, 2.45) is 5.92 Å². The Kier molecular flexibility index (Phi) is 4.34. The number of aromatic nitrogens is 1. The standard InChI is InChI=1S/C21H24N4O3S/c1-21(14-6-7-14)19(27)25(20(28)23-21)12-17(26)24-10-8-13(9-11-24)18-22-15-4-2-3-5-16(15)29-18/h2-5,13-14H,6-12H2,1H3,(H,23,28)/t21-/m1/s1. The molecule has 3 heterocycles. The summed E-state index contributed by atoms with van der Waals surface area (Å²) < 4.78 is 1.19. The molecule has 5 rings (SSSR count). The van der Waals surface area contributed by atoms with Crippen molar-refractivity contribution in [3.05, 3.63) is 29.3 Å². The van der Waals surface area contributed by atoms with E-state index in [-0.39, 0.29) is 24.3 Å². The van der Waals surface area contributed by atoms with Crippen molar-refractivity contribution >= 4 is 39.4 Å². The molecule has 2 saturated heterocycles. The number of imide groups is 1. The van der Waals surface area contributed by atoms with E-state index >= 15 is 0 Å². The first-order valence-corrected chi connectivity index (χ1v) is 11.0. The van der Waals surface area contributed by atoms with Gasteiger partial charge in [-0.05, 0) is 50.7 Å². The highest BCUT2D eigenvalue weighted by atomic mass is 32.1. The number of likely N-dealkylation sites (tertiary alicyclic amines) is 1. The zero-order valence-corrected chi connectivity index (χ0v) is 17.2.